The fourth-order valence-electron chi connectivity index (χ4n) is 3.83. The Kier molecular flexibility index (Phi) is 8.75. The normalized spacial score (nSPS) is 12.6. The molecule has 152 valence electrons. The molecule has 0 saturated heterocycles. The molecule has 1 atom stereocenters. The highest BCUT2D eigenvalue weighted by atomic mass is 16.5. The molecule has 0 heterocycles. The summed E-state index contributed by atoms with van der Waals surface area (Å²) in [4.78, 5) is 2.52. The van der Waals surface area contributed by atoms with Crippen LogP contribution >= 0.6 is 0 Å². The van der Waals surface area contributed by atoms with Gasteiger partial charge in [-0.05, 0) is 63.9 Å². The number of hydrogen-bond donors (Lipinski definition) is 1. The molecule has 0 fully saturated rings. The van der Waals surface area contributed by atoms with Gasteiger partial charge in [0.2, 0.25) is 0 Å². The summed E-state index contributed by atoms with van der Waals surface area (Å²) in [6.45, 7) is 14.3. The maximum Gasteiger partial charge on any atom is 0.123 e. The first-order chi connectivity index (χ1) is 13.5. The molecule has 0 amide bonds. The lowest BCUT2D eigenvalue weighted by molar-refractivity contribution is 0.170. The van der Waals surface area contributed by atoms with E-state index in [-0.39, 0.29) is 12.5 Å². The quantitative estimate of drug-likeness (QED) is 0.530. The highest BCUT2D eigenvalue weighted by Crippen LogP contribution is 2.36. The maximum absolute atomic E-state index is 9.68. The van der Waals surface area contributed by atoms with Crippen LogP contribution in [-0.4, -0.2) is 35.2 Å². The number of nitrogens with zero attached hydrogens (tertiary/aromatic N) is 1. The van der Waals surface area contributed by atoms with Crippen molar-refractivity contribution < 1.29 is 9.84 Å². The van der Waals surface area contributed by atoms with E-state index in [9.17, 15) is 5.11 Å². The van der Waals surface area contributed by atoms with Crippen molar-refractivity contribution in [1.29, 1.82) is 0 Å². The van der Waals surface area contributed by atoms with E-state index in [0.29, 0.717) is 18.7 Å². The minimum Gasteiger partial charge on any atom is -0.489 e. The summed E-state index contributed by atoms with van der Waals surface area (Å²) in [6, 6.07) is 17.6. The molecule has 28 heavy (non-hydrogen) atoms. The van der Waals surface area contributed by atoms with Gasteiger partial charge < -0.3 is 9.84 Å². The fourth-order valence-corrected chi connectivity index (χ4v) is 3.83. The van der Waals surface area contributed by atoms with Gasteiger partial charge in [0.1, 0.15) is 12.4 Å². The van der Waals surface area contributed by atoms with Gasteiger partial charge in [0.05, 0.1) is 6.61 Å². The SMILES string of the molecule is C=CCOc1ccc(CO)cc1[C@H](CCN(C(C)C)C(C)C)c1ccccc1. The maximum atomic E-state index is 9.68. The van der Waals surface area contributed by atoms with E-state index < -0.39 is 0 Å². The van der Waals surface area contributed by atoms with E-state index in [1.54, 1.807) is 6.08 Å². The fraction of sp³-hybridized carbons (Fsp3) is 0.440. The van der Waals surface area contributed by atoms with Crippen LogP contribution in [0.3, 0.4) is 0 Å². The van der Waals surface area contributed by atoms with Gasteiger partial charge in [-0.3, -0.25) is 4.90 Å². The van der Waals surface area contributed by atoms with Crippen molar-refractivity contribution in [3.05, 3.63) is 77.9 Å². The Morgan fingerprint density at radius 3 is 2.29 bits per heavy atom. The molecular formula is C25H35NO2. The molecule has 0 aromatic heterocycles. The van der Waals surface area contributed by atoms with E-state index in [2.05, 4.69) is 69.5 Å². The van der Waals surface area contributed by atoms with Crippen LogP contribution in [0.15, 0.2) is 61.2 Å². The summed E-state index contributed by atoms with van der Waals surface area (Å²) in [7, 11) is 0. The predicted octanol–water partition coefficient (Wildman–Crippen LogP) is 5.38. The molecule has 0 aliphatic rings. The van der Waals surface area contributed by atoms with Crippen LogP contribution in [0.25, 0.3) is 0 Å². The minimum atomic E-state index is 0.0281. The molecule has 0 unspecified atom stereocenters. The molecule has 2 rings (SSSR count). The average Bonchev–Trinajstić information content (AvgIpc) is 2.69. The minimum absolute atomic E-state index is 0.0281. The van der Waals surface area contributed by atoms with Crippen LogP contribution in [0.2, 0.25) is 0 Å². The second-order valence-corrected chi connectivity index (χ2v) is 7.81. The van der Waals surface area contributed by atoms with Crippen LogP contribution in [-0.2, 0) is 6.61 Å². The molecule has 3 heteroatoms. The van der Waals surface area contributed by atoms with Gasteiger partial charge in [0.15, 0.2) is 0 Å². The van der Waals surface area contributed by atoms with E-state index in [1.807, 2.05) is 18.2 Å². The molecule has 0 saturated carbocycles. The van der Waals surface area contributed by atoms with Crippen molar-refractivity contribution in [2.24, 2.45) is 0 Å². The zero-order valence-corrected chi connectivity index (χ0v) is 17.8. The Bertz CT molecular complexity index is 717. The summed E-state index contributed by atoms with van der Waals surface area (Å²) in [5, 5.41) is 9.68. The lowest BCUT2D eigenvalue weighted by Gasteiger charge is -2.32. The van der Waals surface area contributed by atoms with Crippen molar-refractivity contribution in [3.8, 4) is 5.75 Å². The highest BCUT2D eigenvalue weighted by Gasteiger charge is 2.22. The molecule has 0 bridgehead atoms. The van der Waals surface area contributed by atoms with Gasteiger partial charge in [-0.1, -0.05) is 49.1 Å². The van der Waals surface area contributed by atoms with Gasteiger partial charge in [-0.2, -0.15) is 0 Å². The lowest BCUT2D eigenvalue weighted by atomic mass is 9.86. The van der Waals surface area contributed by atoms with Gasteiger partial charge >= 0.3 is 0 Å². The number of aliphatic hydroxyl groups is 1. The Labute approximate surface area is 170 Å². The topological polar surface area (TPSA) is 32.7 Å². The van der Waals surface area contributed by atoms with Crippen LogP contribution in [0.4, 0.5) is 0 Å². The summed E-state index contributed by atoms with van der Waals surface area (Å²) < 4.78 is 5.98. The molecule has 3 nitrogen and oxygen atoms in total. The molecular weight excluding hydrogens is 346 g/mol. The first-order valence-corrected chi connectivity index (χ1v) is 10.3. The molecule has 1 N–H and O–H groups in total. The molecule has 0 spiro atoms. The highest BCUT2D eigenvalue weighted by molar-refractivity contribution is 5.44. The summed E-state index contributed by atoms with van der Waals surface area (Å²) >= 11 is 0. The van der Waals surface area contributed by atoms with E-state index in [4.69, 9.17) is 4.74 Å². The summed E-state index contributed by atoms with van der Waals surface area (Å²) in [5.74, 6) is 1.07. The molecule has 0 aliphatic carbocycles. The Balaban J connectivity index is 2.42. The standard InChI is InChI=1S/C25H35NO2/c1-6-16-28-25-13-12-21(18-27)17-24(25)23(22-10-8-7-9-11-22)14-15-26(19(2)3)20(4)5/h6-13,17,19-20,23,27H,1,14-16,18H2,2-5H3/t23-/m1/s1. The van der Waals surface area contributed by atoms with Gasteiger partial charge in [-0.15, -0.1) is 0 Å². The van der Waals surface area contributed by atoms with Gasteiger partial charge in [0, 0.05) is 23.6 Å². The first-order valence-electron chi connectivity index (χ1n) is 10.3. The van der Waals surface area contributed by atoms with Crippen molar-refractivity contribution in [2.75, 3.05) is 13.2 Å². The van der Waals surface area contributed by atoms with Crippen molar-refractivity contribution in [3.63, 3.8) is 0 Å². The van der Waals surface area contributed by atoms with Crippen LogP contribution in [0.5, 0.6) is 5.75 Å². The Morgan fingerprint density at radius 1 is 1.04 bits per heavy atom. The zero-order chi connectivity index (χ0) is 20.5. The van der Waals surface area contributed by atoms with Crippen LogP contribution in [0.1, 0.15) is 56.7 Å². The number of aliphatic hydroxyl groups excluding tert-OH is 1. The van der Waals surface area contributed by atoms with Crippen molar-refractivity contribution >= 4 is 0 Å². The van der Waals surface area contributed by atoms with Crippen molar-refractivity contribution in [2.45, 2.75) is 58.7 Å². The Hall–Kier alpha value is -2.10. The summed E-state index contributed by atoms with van der Waals surface area (Å²) in [5.41, 5.74) is 3.31. The van der Waals surface area contributed by atoms with Crippen LogP contribution in [0, 0.1) is 0 Å². The Morgan fingerprint density at radius 2 is 1.71 bits per heavy atom. The average molecular weight is 382 g/mol. The van der Waals surface area contributed by atoms with E-state index in [1.165, 1.54) is 5.56 Å². The second kappa shape index (κ2) is 11.0. The number of hydrogen-bond acceptors (Lipinski definition) is 3. The van der Waals surface area contributed by atoms with Crippen molar-refractivity contribution in [1.82, 2.24) is 4.90 Å². The smallest absolute Gasteiger partial charge is 0.123 e. The number of rotatable bonds is 11. The predicted molar refractivity (Wildman–Crippen MR) is 118 cm³/mol. The third-order valence-corrected chi connectivity index (χ3v) is 5.19. The second-order valence-electron chi connectivity index (χ2n) is 7.81. The molecule has 0 aliphatic heterocycles. The monoisotopic (exact) mass is 381 g/mol. The molecule has 2 aromatic carbocycles. The number of ether oxygens (including phenoxy) is 1. The van der Waals surface area contributed by atoms with Gasteiger partial charge in [0.25, 0.3) is 0 Å². The number of benzene rings is 2. The van der Waals surface area contributed by atoms with Crippen LogP contribution < -0.4 is 4.74 Å². The third kappa shape index (κ3) is 5.95. The van der Waals surface area contributed by atoms with E-state index in [0.717, 1.165) is 29.8 Å². The largest absolute Gasteiger partial charge is 0.489 e. The van der Waals surface area contributed by atoms with E-state index >= 15 is 0 Å². The molecule has 0 radical (unpaired) electrons. The summed E-state index contributed by atoms with van der Waals surface area (Å²) in [6.07, 6.45) is 2.75. The van der Waals surface area contributed by atoms with Gasteiger partial charge in [-0.25, -0.2) is 0 Å². The molecule has 2 aromatic rings. The lowest BCUT2D eigenvalue weighted by Crippen LogP contribution is -2.38. The zero-order valence-electron chi connectivity index (χ0n) is 17.8. The first kappa shape index (κ1) is 22.2. The third-order valence-electron chi connectivity index (χ3n) is 5.19.